The van der Waals surface area contributed by atoms with Crippen LogP contribution in [0.15, 0.2) is 12.2 Å². The van der Waals surface area contributed by atoms with Crippen LogP contribution in [0.5, 0.6) is 0 Å². The molecule has 1 aliphatic carbocycles. The van der Waals surface area contributed by atoms with Crippen LogP contribution in [-0.4, -0.2) is 10.5 Å². The minimum absolute atomic E-state index is 0.628. The van der Waals surface area contributed by atoms with Crippen LogP contribution in [-0.2, 0) is 0 Å². The maximum absolute atomic E-state index is 4.05. The SMILES string of the molecule is C=C(C)C(C)SC1C(C)CCCC1C. The lowest BCUT2D eigenvalue weighted by atomic mass is 9.83. The van der Waals surface area contributed by atoms with Crippen LogP contribution >= 0.6 is 11.8 Å². The fourth-order valence-corrected chi connectivity index (χ4v) is 3.78. The molecule has 0 heterocycles. The van der Waals surface area contributed by atoms with Crippen molar-refractivity contribution < 1.29 is 0 Å². The van der Waals surface area contributed by atoms with Crippen LogP contribution in [0.25, 0.3) is 0 Å². The molecule has 1 heteroatoms. The Balaban J connectivity index is 2.51. The van der Waals surface area contributed by atoms with Crippen molar-refractivity contribution in [2.75, 3.05) is 0 Å². The van der Waals surface area contributed by atoms with Gasteiger partial charge in [0.15, 0.2) is 0 Å². The molecule has 0 nitrogen and oxygen atoms in total. The summed E-state index contributed by atoms with van der Waals surface area (Å²) in [6.45, 7) is 13.3. The monoisotopic (exact) mass is 212 g/mol. The Labute approximate surface area is 93.5 Å². The quantitative estimate of drug-likeness (QED) is 0.620. The predicted molar refractivity (Wildman–Crippen MR) is 67.8 cm³/mol. The Hall–Kier alpha value is 0.0900. The van der Waals surface area contributed by atoms with Gasteiger partial charge in [-0.15, -0.1) is 0 Å². The van der Waals surface area contributed by atoms with Crippen LogP contribution in [0.4, 0.5) is 0 Å². The molecule has 3 unspecified atom stereocenters. The van der Waals surface area contributed by atoms with Gasteiger partial charge in [0.2, 0.25) is 0 Å². The topological polar surface area (TPSA) is 0 Å². The highest BCUT2D eigenvalue weighted by atomic mass is 32.2. The average molecular weight is 212 g/mol. The summed E-state index contributed by atoms with van der Waals surface area (Å²) in [7, 11) is 0. The first-order valence-corrected chi connectivity index (χ1v) is 6.77. The van der Waals surface area contributed by atoms with E-state index >= 15 is 0 Å². The van der Waals surface area contributed by atoms with E-state index < -0.39 is 0 Å². The van der Waals surface area contributed by atoms with E-state index in [1.54, 1.807) is 0 Å². The van der Waals surface area contributed by atoms with E-state index in [0.717, 1.165) is 17.1 Å². The minimum atomic E-state index is 0.628. The molecular formula is C13H24S. The first kappa shape index (κ1) is 12.2. The van der Waals surface area contributed by atoms with Gasteiger partial charge in [-0.2, -0.15) is 11.8 Å². The van der Waals surface area contributed by atoms with E-state index in [-0.39, 0.29) is 0 Å². The van der Waals surface area contributed by atoms with Crippen molar-refractivity contribution in [3.8, 4) is 0 Å². The molecular weight excluding hydrogens is 188 g/mol. The molecule has 0 aliphatic heterocycles. The highest BCUT2D eigenvalue weighted by molar-refractivity contribution is 8.00. The summed E-state index contributed by atoms with van der Waals surface area (Å²) >= 11 is 2.15. The second-order valence-corrected chi connectivity index (χ2v) is 6.50. The maximum Gasteiger partial charge on any atom is 0.0225 e. The molecule has 0 bridgehead atoms. The fourth-order valence-electron chi connectivity index (χ4n) is 2.27. The van der Waals surface area contributed by atoms with Gasteiger partial charge < -0.3 is 0 Å². The number of thioether (sulfide) groups is 1. The van der Waals surface area contributed by atoms with Crippen molar-refractivity contribution in [2.24, 2.45) is 11.8 Å². The lowest BCUT2D eigenvalue weighted by Crippen LogP contribution is -2.29. The minimum Gasteiger partial charge on any atom is -0.150 e. The molecule has 1 aliphatic rings. The summed E-state index contributed by atoms with van der Waals surface area (Å²) in [5, 5.41) is 1.48. The standard InChI is InChI=1S/C13H24S/c1-9(2)12(5)14-13-10(3)7-6-8-11(13)4/h10-13H,1,6-8H2,2-5H3. The first-order chi connectivity index (χ1) is 6.52. The molecule has 0 saturated heterocycles. The summed E-state index contributed by atoms with van der Waals surface area (Å²) in [5.74, 6) is 1.79. The van der Waals surface area contributed by atoms with E-state index in [4.69, 9.17) is 0 Å². The summed E-state index contributed by atoms with van der Waals surface area (Å²) in [6.07, 6.45) is 4.27. The fraction of sp³-hybridized carbons (Fsp3) is 0.846. The van der Waals surface area contributed by atoms with Crippen molar-refractivity contribution in [1.82, 2.24) is 0 Å². The third-order valence-corrected chi connectivity index (χ3v) is 5.55. The Kier molecular flexibility index (Phi) is 4.56. The summed E-state index contributed by atoms with van der Waals surface area (Å²) in [5.41, 5.74) is 1.32. The van der Waals surface area contributed by atoms with Crippen molar-refractivity contribution in [3.05, 3.63) is 12.2 Å². The van der Waals surface area contributed by atoms with E-state index in [9.17, 15) is 0 Å². The van der Waals surface area contributed by atoms with Crippen molar-refractivity contribution in [1.29, 1.82) is 0 Å². The van der Waals surface area contributed by atoms with Gasteiger partial charge in [0, 0.05) is 10.5 Å². The summed E-state index contributed by atoms with van der Waals surface area (Å²) in [4.78, 5) is 0. The van der Waals surface area contributed by atoms with Crippen LogP contribution < -0.4 is 0 Å². The molecule has 3 atom stereocenters. The molecule has 82 valence electrons. The normalized spacial score (nSPS) is 35.3. The number of hydrogen-bond acceptors (Lipinski definition) is 1. The Morgan fingerprint density at radius 1 is 1.29 bits per heavy atom. The second-order valence-electron chi connectivity index (χ2n) is 4.97. The smallest absolute Gasteiger partial charge is 0.0225 e. The lowest BCUT2D eigenvalue weighted by molar-refractivity contribution is 0.314. The molecule has 0 aromatic heterocycles. The van der Waals surface area contributed by atoms with Gasteiger partial charge in [0.05, 0.1) is 0 Å². The molecule has 0 N–H and O–H groups in total. The second kappa shape index (κ2) is 5.25. The van der Waals surface area contributed by atoms with E-state index in [1.165, 1.54) is 24.8 Å². The van der Waals surface area contributed by atoms with Gasteiger partial charge in [0.25, 0.3) is 0 Å². The van der Waals surface area contributed by atoms with Crippen LogP contribution in [0, 0.1) is 11.8 Å². The van der Waals surface area contributed by atoms with Gasteiger partial charge >= 0.3 is 0 Å². The van der Waals surface area contributed by atoms with Gasteiger partial charge in [-0.25, -0.2) is 0 Å². The van der Waals surface area contributed by atoms with E-state index in [2.05, 4.69) is 46.0 Å². The van der Waals surface area contributed by atoms with Crippen LogP contribution in [0.2, 0.25) is 0 Å². The van der Waals surface area contributed by atoms with E-state index in [0.29, 0.717) is 5.25 Å². The van der Waals surface area contributed by atoms with Gasteiger partial charge in [-0.1, -0.05) is 32.4 Å². The van der Waals surface area contributed by atoms with Crippen LogP contribution in [0.3, 0.4) is 0 Å². The lowest BCUT2D eigenvalue weighted by Gasteiger charge is -2.35. The average Bonchev–Trinajstić information content (AvgIpc) is 2.11. The maximum atomic E-state index is 4.05. The molecule has 1 fully saturated rings. The van der Waals surface area contributed by atoms with Gasteiger partial charge in [0.1, 0.15) is 0 Å². The molecule has 0 aromatic carbocycles. The summed E-state index contributed by atoms with van der Waals surface area (Å²) < 4.78 is 0. The molecule has 1 saturated carbocycles. The Morgan fingerprint density at radius 2 is 1.79 bits per heavy atom. The zero-order valence-electron chi connectivity index (χ0n) is 10.0. The third kappa shape index (κ3) is 3.05. The highest BCUT2D eigenvalue weighted by Crippen LogP contribution is 2.40. The summed E-state index contributed by atoms with van der Waals surface area (Å²) in [6, 6.07) is 0. The zero-order chi connectivity index (χ0) is 10.7. The molecule has 0 spiro atoms. The predicted octanol–water partition coefficient (Wildman–Crippen LogP) is 4.51. The number of hydrogen-bond donors (Lipinski definition) is 0. The largest absolute Gasteiger partial charge is 0.150 e. The molecule has 0 aromatic rings. The van der Waals surface area contributed by atoms with Crippen molar-refractivity contribution >= 4 is 11.8 Å². The molecule has 0 amide bonds. The highest BCUT2D eigenvalue weighted by Gasteiger charge is 2.29. The third-order valence-electron chi connectivity index (χ3n) is 3.50. The number of rotatable bonds is 3. The van der Waals surface area contributed by atoms with Crippen LogP contribution in [0.1, 0.15) is 47.0 Å². The molecule has 14 heavy (non-hydrogen) atoms. The van der Waals surface area contributed by atoms with Gasteiger partial charge in [-0.3, -0.25) is 0 Å². The Morgan fingerprint density at radius 3 is 2.21 bits per heavy atom. The molecule has 1 rings (SSSR count). The first-order valence-electron chi connectivity index (χ1n) is 5.83. The van der Waals surface area contributed by atoms with Crippen molar-refractivity contribution in [3.63, 3.8) is 0 Å². The zero-order valence-corrected chi connectivity index (χ0v) is 10.9. The van der Waals surface area contributed by atoms with Crippen molar-refractivity contribution in [2.45, 2.75) is 57.5 Å². The molecule has 0 radical (unpaired) electrons. The van der Waals surface area contributed by atoms with Gasteiger partial charge in [-0.05, 0) is 38.5 Å². The Bertz CT molecular complexity index is 187. The van der Waals surface area contributed by atoms with E-state index in [1.807, 2.05) is 0 Å².